The van der Waals surface area contributed by atoms with Gasteiger partial charge in [0.25, 0.3) is 0 Å². The Balaban J connectivity index is 1.79. The second kappa shape index (κ2) is 7.64. The van der Waals surface area contributed by atoms with E-state index in [9.17, 15) is 18.3 Å². The molecule has 1 amide bonds. The van der Waals surface area contributed by atoms with Crippen molar-refractivity contribution in [2.75, 3.05) is 39.0 Å². The minimum Gasteiger partial charge on any atom is -0.383 e. The lowest BCUT2D eigenvalue weighted by molar-refractivity contribution is -0.141. The molecule has 26 heavy (non-hydrogen) atoms. The minimum absolute atomic E-state index is 0.191. The van der Waals surface area contributed by atoms with Crippen molar-refractivity contribution in [1.82, 2.24) is 14.5 Å². The van der Waals surface area contributed by atoms with Gasteiger partial charge in [-0.1, -0.05) is 30.3 Å². The van der Waals surface area contributed by atoms with E-state index in [0.29, 0.717) is 19.5 Å². The lowest BCUT2D eigenvalue weighted by Crippen LogP contribution is -2.61. The first kappa shape index (κ1) is 19.3. The molecule has 7 nitrogen and oxygen atoms in total. The lowest BCUT2D eigenvalue weighted by Gasteiger charge is -2.48. The predicted octanol–water partition coefficient (Wildman–Crippen LogP) is 0.120. The summed E-state index contributed by atoms with van der Waals surface area (Å²) in [7, 11) is -3.41. The maximum absolute atomic E-state index is 12.5. The number of carbonyl (C=O) groups excluding carboxylic acids is 1. The molecule has 0 saturated carbocycles. The molecule has 2 atom stereocenters. The van der Waals surface area contributed by atoms with Crippen LogP contribution < -0.4 is 4.72 Å². The predicted molar refractivity (Wildman–Crippen MR) is 99.0 cm³/mol. The van der Waals surface area contributed by atoms with E-state index in [4.69, 9.17) is 0 Å². The molecule has 0 spiro atoms. The highest BCUT2D eigenvalue weighted by molar-refractivity contribution is 7.88. The van der Waals surface area contributed by atoms with Gasteiger partial charge in [-0.3, -0.25) is 9.69 Å². The summed E-state index contributed by atoms with van der Waals surface area (Å²) in [5.41, 5.74) is -0.134. The lowest BCUT2D eigenvalue weighted by atomic mass is 9.79. The third-order valence-corrected chi connectivity index (χ3v) is 6.07. The summed E-state index contributed by atoms with van der Waals surface area (Å²) in [6, 6.07) is 9.44. The zero-order valence-corrected chi connectivity index (χ0v) is 15.9. The second-order valence-electron chi connectivity index (χ2n) is 7.23. The Morgan fingerprint density at radius 1 is 1.23 bits per heavy atom. The summed E-state index contributed by atoms with van der Waals surface area (Å²) >= 11 is 0. The summed E-state index contributed by atoms with van der Waals surface area (Å²) in [6.45, 7) is 2.37. The molecule has 3 rings (SSSR count). The first-order valence-corrected chi connectivity index (χ1v) is 10.9. The Kier molecular flexibility index (Phi) is 5.67. The van der Waals surface area contributed by atoms with Crippen LogP contribution in [0.5, 0.6) is 0 Å². The number of hydrogen-bond acceptors (Lipinski definition) is 5. The van der Waals surface area contributed by atoms with Gasteiger partial charge in [0, 0.05) is 13.1 Å². The monoisotopic (exact) mass is 381 g/mol. The molecule has 0 unspecified atom stereocenters. The topological polar surface area (TPSA) is 90.0 Å². The van der Waals surface area contributed by atoms with Crippen LogP contribution in [0.4, 0.5) is 0 Å². The first-order valence-electron chi connectivity index (χ1n) is 9.04. The third-order valence-electron chi connectivity index (χ3n) is 5.40. The van der Waals surface area contributed by atoms with Gasteiger partial charge in [-0.15, -0.1) is 0 Å². The number of rotatable bonds is 5. The number of hydrogen-bond donors (Lipinski definition) is 2. The van der Waals surface area contributed by atoms with Gasteiger partial charge >= 0.3 is 0 Å². The largest absolute Gasteiger partial charge is 0.383 e. The van der Waals surface area contributed by atoms with Gasteiger partial charge in [-0.2, -0.15) is 0 Å². The van der Waals surface area contributed by atoms with Crippen LogP contribution in [-0.2, 0) is 20.4 Å². The number of amides is 1. The van der Waals surface area contributed by atoms with Gasteiger partial charge < -0.3 is 10.0 Å². The highest BCUT2D eigenvalue weighted by Crippen LogP contribution is 2.37. The van der Waals surface area contributed by atoms with Gasteiger partial charge in [0.15, 0.2) is 0 Å². The molecular weight excluding hydrogens is 354 g/mol. The number of nitrogens with zero attached hydrogens (tertiary/aromatic N) is 2. The maximum atomic E-state index is 12.5. The molecule has 2 fully saturated rings. The second-order valence-corrected chi connectivity index (χ2v) is 9.07. The van der Waals surface area contributed by atoms with E-state index < -0.39 is 15.6 Å². The van der Waals surface area contributed by atoms with Crippen LogP contribution in [0.1, 0.15) is 24.8 Å². The van der Waals surface area contributed by atoms with Crippen molar-refractivity contribution in [3.8, 4) is 0 Å². The summed E-state index contributed by atoms with van der Waals surface area (Å²) in [5, 5.41) is 11.5. The number of nitrogens with one attached hydrogen (secondary N) is 1. The zero-order valence-electron chi connectivity index (χ0n) is 15.1. The fraction of sp³-hybridized carbons (Fsp3) is 0.611. The summed E-state index contributed by atoms with van der Waals surface area (Å²) in [6.07, 6.45) is 3.65. The van der Waals surface area contributed by atoms with E-state index in [1.54, 1.807) is 4.90 Å². The molecule has 2 saturated heterocycles. The molecule has 1 aromatic rings. The Morgan fingerprint density at radius 2 is 1.88 bits per heavy atom. The number of likely N-dealkylation sites (tertiary alicyclic amines) is 2. The average molecular weight is 381 g/mol. The van der Waals surface area contributed by atoms with Crippen LogP contribution in [0.3, 0.4) is 0 Å². The number of piperidine rings is 1. The molecule has 8 heteroatoms. The molecule has 0 bridgehead atoms. The quantitative estimate of drug-likeness (QED) is 0.756. The SMILES string of the molecule is CS(=O)(=O)NCC(=O)N1CC[C@](O)(c2ccccc2)[C@H](N2CCCC2)C1. The molecule has 144 valence electrons. The summed E-state index contributed by atoms with van der Waals surface area (Å²) < 4.78 is 24.8. The van der Waals surface area contributed by atoms with Crippen molar-refractivity contribution in [3.05, 3.63) is 35.9 Å². The van der Waals surface area contributed by atoms with Crippen molar-refractivity contribution < 1.29 is 18.3 Å². The van der Waals surface area contributed by atoms with E-state index in [2.05, 4.69) is 9.62 Å². The van der Waals surface area contributed by atoms with Gasteiger partial charge in [-0.05, 0) is 37.9 Å². The molecule has 0 aliphatic carbocycles. The molecule has 0 aromatic heterocycles. The minimum atomic E-state index is -3.41. The van der Waals surface area contributed by atoms with E-state index in [0.717, 1.165) is 37.8 Å². The van der Waals surface area contributed by atoms with E-state index in [1.807, 2.05) is 30.3 Å². The van der Waals surface area contributed by atoms with Crippen LogP contribution in [0, 0.1) is 0 Å². The summed E-state index contributed by atoms with van der Waals surface area (Å²) in [5.74, 6) is -0.255. The molecule has 2 aliphatic rings. The van der Waals surface area contributed by atoms with Crippen LogP contribution in [-0.4, -0.2) is 74.3 Å². The van der Waals surface area contributed by atoms with E-state index >= 15 is 0 Å². The Bertz CT molecular complexity index is 734. The van der Waals surface area contributed by atoms with Gasteiger partial charge in [-0.25, -0.2) is 13.1 Å². The Morgan fingerprint density at radius 3 is 2.50 bits per heavy atom. The zero-order chi connectivity index (χ0) is 18.8. The standard InChI is InChI=1S/C18H27N3O4S/c1-26(24,25)19-13-17(22)21-12-9-18(23,15-7-3-2-4-8-15)16(14-21)20-10-5-6-11-20/h2-4,7-8,16,19,23H,5-6,9-14H2,1H3/t16-,18+/m1/s1. The fourth-order valence-corrected chi connectivity index (χ4v) is 4.37. The van der Waals surface area contributed by atoms with Crippen molar-refractivity contribution in [2.24, 2.45) is 0 Å². The van der Waals surface area contributed by atoms with Crippen molar-refractivity contribution in [2.45, 2.75) is 30.9 Å². The highest BCUT2D eigenvalue weighted by atomic mass is 32.2. The van der Waals surface area contributed by atoms with Gasteiger partial charge in [0.1, 0.15) is 5.60 Å². The van der Waals surface area contributed by atoms with Gasteiger partial charge in [0.2, 0.25) is 15.9 Å². The molecular formula is C18H27N3O4S. The fourth-order valence-electron chi connectivity index (χ4n) is 3.99. The Hall–Kier alpha value is -1.48. The average Bonchev–Trinajstić information content (AvgIpc) is 3.14. The van der Waals surface area contributed by atoms with E-state index in [1.165, 1.54) is 0 Å². The van der Waals surface area contributed by atoms with Crippen LogP contribution in [0.2, 0.25) is 0 Å². The van der Waals surface area contributed by atoms with Crippen LogP contribution in [0.15, 0.2) is 30.3 Å². The third kappa shape index (κ3) is 4.25. The number of aliphatic hydroxyl groups is 1. The summed E-state index contributed by atoms with van der Waals surface area (Å²) in [4.78, 5) is 16.4. The first-order chi connectivity index (χ1) is 12.3. The van der Waals surface area contributed by atoms with Crippen molar-refractivity contribution >= 4 is 15.9 Å². The van der Waals surface area contributed by atoms with Crippen LogP contribution in [0.25, 0.3) is 0 Å². The molecule has 2 N–H and O–H groups in total. The Labute approximate surface area is 155 Å². The normalized spacial score (nSPS) is 27.6. The molecule has 2 heterocycles. The molecule has 0 radical (unpaired) electrons. The van der Waals surface area contributed by atoms with Crippen molar-refractivity contribution in [3.63, 3.8) is 0 Å². The number of benzene rings is 1. The van der Waals surface area contributed by atoms with Crippen LogP contribution >= 0.6 is 0 Å². The smallest absolute Gasteiger partial charge is 0.237 e. The molecule has 2 aliphatic heterocycles. The number of carbonyl (C=O) groups is 1. The van der Waals surface area contributed by atoms with Gasteiger partial charge in [0.05, 0.1) is 18.8 Å². The van der Waals surface area contributed by atoms with E-state index in [-0.39, 0.29) is 18.5 Å². The number of sulfonamides is 1. The maximum Gasteiger partial charge on any atom is 0.237 e. The highest BCUT2D eigenvalue weighted by Gasteiger charge is 2.47. The van der Waals surface area contributed by atoms with Crippen molar-refractivity contribution in [1.29, 1.82) is 0 Å². The molecule has 1 aromatic carbocycles.